The van der Waals surface area contributed by atoms with E-state index in [1.807, 2.05) is 36.7 Å². The number of rotatable bonds is 0. The van der Waals surface area contributed by atoms with Gasteiger partial charge in [-0.25, -0.2) is 0 Å². The van der Waals surface area contributed by atoms with Crippen LogP contribution < -0.4 is 0 Å². The highest BCUT2D eigenvalue weighted by atomic mass is 14.7. The lowest BCUT2D eigenvalue weighted by atomic mass is 10.1. The molecule has 0 saturated heterocycles. The van der Waals surface area contributed by atoms with E-state index < -0.39 is 0 Å². The van der Waals surface area contributed by atoms with Gasteiger partial charge in [0, 0.05) is 52.5 Å². The second kappa shape index (κ2) is 7.00. The van der Waals surface area contributed by atoms with Crippen LogP contribution in [0, 0.1) is 0 Å². The van der Waals surface area contributed by atoms with E-state index in [0.29, 0.717) is 0 Å². The molecule has 0 bridgehead atoms. The average molecular weight is 360 g/mol. The largest absolute Gasteiger partial charge is 0.264 e. The fourth-order valence-electron chi connectivity index (χ4n) is 3.38. The molecule has 4 heterocycles. The summed E-state index contributed by atoms with van der Waals surface area (Å²) >= 11 is 0. The van der Waals surface area contributed by atoms with Gasteiger partial charge in [0.05, 0.1) is 16.6 Å². The van der Waals surface area contributed by atoms with Crippen LogP contribution >= 0.6 is 0 Å². The third-order valence-corrected chi connectivity index (χ3v) is 4.74. The van der Waals surface area contributed by atoms with Crippen LogP contribution in [0.25, 0.3) is 43.5 Å². The minimum absolute atomic E-state index is 0.977. The van der Waals surface area contributed by atoms with Crippen LogP contribution in [-0.4, -0.2) is 19.9 Å². The van der Waals surface area contributed by atoms with E-state index >= 15 is 0 Å². The molecule has 2 aromatic carbocycles. The Bertz CT molecular complexity index is 1210. The third kappa shape index (κ3) is 2.91. The molecule has 4 heteroatoms. The first-order chi connectivity index (χ1) is 13.9. The van der Waals surface area contributed by atoms with Gasteiger partial charge in [-0.2, -0.15) is 0 Å². The van der Waals surface area contributed by atoms with Crippen molar-refractivity contribution in [3.8, 4) is 0 Å². The number of fused-ring (bicyclic) bond motifs is 6. The zero-order valence-electron chi connectivity index (χ0n) is 15.0. The summed E-state index contributed by atoms with van der Waals surface area (Å²) in [5, 5.41) is 5.74. The molecule has 4 aromatic heterocycles. The summed E-state index contributed by atoms with van der Waals surface area (Å²) in [5.41, 5.74) is 2.98. The molecule has 0 aliphatic carbocycles. The number of hydrogen-bond acceptors (Lipinski definition) is 4. The molecule has 0 unspecified atom stereocenters. The van der Waals surface area contributed by atoms with Crippen LogP contribution in [0.1, 0.15) is 0 Å². The molecule has 0 fully saturated rings. The van der Waals surface area contributed by atoms with E-state index in [4.69, 9.17) is 0 Å². The van der Waals surface area contributed by atoms with E-state index in [2.05, 4.69) is 62.4 Å². The molecule has 0 spiro atoms. The SMILES string of the molecule is c1cnc2c(c1)ccc1cccnc12.c1cnc2c(c1)ccc1ccncc12. The van der Waals surface area contributed by atoms with Gasteiger partial charge in [-0.05, 0) is 29.7 Å². The lowest BCUT2D eigenvalue weighted by molar-refractivity contribution is 1.36. The van der Waals surface area contributed by atoms with Crippen LogP contribution in [0.5, 0.6) is 0 Å². The van der Waals surface area contributed by atoms with Gasteiger partial charge in [-0.1, -0.05) is 42.5 Å². The summed E-state index contributed by atoms with van der Waals surface area (Å²) in [6.07, 6.45) is 9.09. The molecule has 4 nitrogen and oxygen atoms in total. The lowest BCUT2D eigenvalue weighted by Gasteiger charge is -2.00. The highest BCUT2D eigenvalue weighted by Crippen LogP contribution is 2.22. The first kappa shape index (κ1) is 16.3. The van der Waals surface area contributed by atoms with Crippen molar-refractivity contribution in [1.82, 2.24) is 19.9 Å². The third-order valence-electron chi connectivity index (χ3n) is 4.74. The van der Waals surface area contributed by atoms with E-state index in [9.17, 15) is 0 Å². The Labute approximate surface area is 161 Å². The second-order valence-electron chi connectivity index (χ2n) is 6.45. The number of nitrogens with zero attached hydrogens (tertiary/aromatic N) is 4. The fraction of sp³-hybridized carbons (Fsp3) is 0. The Balaban J connectivity index is 0.000000122. The minimum Gasteiger partial charge on any atom is -0.264 e. The van der Waals surface area contributed by atoms with Gasteiger partial charge in [0.2, 0.25) is 0 Å². The Morgan fingerprint density at radius 1 is 0.429 bits per heavy atom. The normalized spacial score (nSPS) is 10.9. The Morgan fingerprint density at radius 2 is 0.929 bits per heavy atom. The van der Waals surface area contributed by atoms with Gasteiger partial charge < -0.3 is 0 Å². The Kier molecular flexibility index (Phi) is 4.07. The lowest BCUT2D eigenvalue weighted by Crippen LogP contribution is -1.83. The van der Waals surface area contributed by atoms with Crippen molar-refractivity contribution in [3.63, 3.8) is 0 Å². The number of hydrogen-bond donors (Lipinski definition) is 0. The molecule has 0 atom stereocenters. The van der Waals surface area contributed by atoms with Crippen molar-refractivity contribution in [3.05, 3.63) is 97.7 Å². The van der Waals surface area contributed by atoms with Crippen molar-refractivity contribution >= 4 is 43.5 Å². The van der Waals surface area contributed by atoms with E-state index in [-0.39, 0.29) is 0 Å². The molecule has 6 aromatic rings. The molecule has 0 aliphatic heterocycles. The van der Waals surface area contributed by atoms with E-state index in [1.54, 1.807) is 18.6 Å². The predicted molar refractivity (Wildman–Crippen MR) is 114 cm³/mol. The van der Waals surface area contributed by atoms with Gasteiger partial charge in [0.15, 0.2) is 0 Å². The Morgan fingerprint density at radius 3 is 1.54 bits per heavy atom. The number of benzene rings is 2. The van der Waals surface area contributed by atoms with Crippen LogP contribution in [0.4, 0.5) is 0 Å². The summed E-state index contributed by atoms with van der Waals surface area (Å²) in [6.45, 7) is 0. The quantitative estimate of drug-likeness (QED) is 0.333. The maximum absolute atomic E-state index is 4.37. The maximum atomic E-state index is 4.37. The van der Waals surface area contributed by atoms with Crippen molar-refractivity contribution in [1.29, 1.82) is 0 Å². The molecule has 0 radical (unpaired) electrons. The van der Waals surface area contributed by atoms with E-state index in [1.165, 1.54) is 5.39 Å². The molecule has 0 N–H and O–H groups in total. The molecule has 0 saturated carbocycles. The summed E-state index contributed by atoms with van der Waals surface area (Å²) in [4.78, 5) is 17.2. The second-order valence-corrected chi connectivity index (χ2v) is 6.45. The first-order valence-corrected chi connectivity index (χ1v) is 9.06. The molecular formula is C24H16N4. The first-order valence-electron chi connectivity index (χ1n) is 9.06. The van der Waals surface area contributed by atoms with Crippen molar-refractivity contribution in [2.24, 2.45) is 0 Å². The minimum atomic E-state index is 0.977. The summed E-state index contributed by atoms with van der Waals surface area (Å²) < 4.78 is 0. The molecule has 0 amide bonds. The van der Waals surface area contributed by atoms with Gasteiger partial charge in [-0.3, -0.25) is 19.9 Å². The Hall–Kier alpha value is -3.92. The van der Waals surface area contributed by atoms with Crippen LogP contribution in [0.2, 0.25) is 0 Å². The van der Waals surface area contributed by atoms with Crippen molar-refractivity contribution < 1.29 is 0 Å². The number of pyridine rings is 4. The average Bonchev–Trinajstić information content (AvgIpc) is 2.79. The molecule has 28 heavy (non-hydrogen) atoms. The van der Waals surface area contributed by atoms with Crippen LogP contribution in [-0.2, 0) is 0 Å². The maximum Gasteiger partial charge on any atom is 0.0964 e. The highest BCUT2D eigenvalue weighted by molar-refractivity contribution is 6.04. The standard InChI is InChI=1S/2C12H8N2/c1-3-9-5-6-10-4-2-8-14-12(10)11(9)13-7-1;1-2-10-4-3-9-5-7-13-8-11(9)12(10)14-6-1/h2*1-8H. The van der Waals surface area contributed by atoms with Crippen LogP contribution in [0.15, 0.2) is 97.7 Å². The zero-order valence-corrected chi connectivity index (χ0v) is 15.0. The van der Waals surface area contributed by atoms with E-state index in [0.717, 1.165) is 38.1 Å². The molecule has 6 rings (SSSR count). The van der Waals surface area contributed by atoms with Crippen molar-refractivity contribution in [2.45, 2.75) is 0 Å². The predicted octanol–water partition coefficient (Wildman–Crippen LogP) is 5.57. The van der Waals surface area contributed by atoms with Gasteiger partial charge in [0.25, 0.3) is 0 Å². The van der Waals surface area contributed by atoms with Gasteiger partial charge in [0.1, 0.15) is 0 Å². The zero-order chi connectivity index (χ0) is 18.8. The highest BCUT2D eigenvalue weighted by Gasteiger charge is 2.00. The smallest absolute Gasteiger partial charge is 0.0964 e. The van der Waals surface area contributed by atoms with Gasteiger partial charge in [-0.15, -0.1) is 0 Å². The summed E-state index contributed by atoms with van der Waals surface area (Å²) in [7, 11) is 0. The monoisotopic (exact) mass is 360 g/mol. The molecule has 0 aliphatic rings. The fourth-order valence-corrected chi connectivity index (χ4v) is 3.38. The molecule has 132 valence electrons. The summed E-state index contributed by atoms with van der Waals surface area (Å²) in [6, 6.07) is 22.3. The van der Waals surface area contributed by atoms with Crippen LogP contribution in [0.3, 0.4) is 0 Å². The molecular weight excluding hydrogens is 344 g/mol. The topological polar surface area (TPSA) is 51.6 Å². The number of aromatic nitrogens is 4. The van der Waals surface area contributed by atoms with Gasteiger partial charge >= 0.3 is 0 Å². The van der Waals surface area contributed by atoms with Crippen molar-refractivity contribution in [2.75, 3.05) is 0 Å². The summed E-state index contributed by atoms with van der Waals surface area (Å²) in [5.74, 6) is 0.